The standard InChI is InChI=1S/C21H17BrO4S2.C6H14/c1-27-20(28(2)23)10-16-9-14-3-5-24-18(14)11-19(16)26-12-13-7-15-4-6-25-21(15)17(22)8-13;1-3-5-6-4-2/h3-11H,12H2,1-2H3;3-6H2,1-2H3/b20-10+;. The van der Waals surface area contributed by atoms with Crippen LogP contribution in [0, 0.1) is 0 Å². The molecule has 0 radical (unpaired) electrons. The molecule has 2 aromatic carbocycles. The van der Waals surface area contributed by atoms with Crippen LogP contribution in [0.2, 0.25) is 0 Å². The second kappa shape index (κ2) is 13.3. The summed E-state index contributed by atoms with van der Waals surface area (Å²) in [5, 5.41) is 1.99. The summed E-state index contributed by atoms with van der Waals surface area (Å²) in [7, 11) is 0. The molecule has 0 bridgehead atoms. The third-order valence-corrected chi connectivity index (χ3v) is 8.26. The molecule has 7 heteroatoms. The Morgan fingerprint density at radius 1 is 1.06 bits per heavy atom. The Morgan fingerprint density at radius 2 is 1.76 bits per heavy atom. The predicted molar refractivity (Wildman–Crippen MR) is 150 cm³/mol. The van der Waals surface area contributed by atoms with Crippen LogP contribution in [0.1, 0.15) is 50.7 Å². The van der Waals surface area contributed by atoms with Crippen LogP contribution in [0.4, 0.5) is 0 Å². The Hall–Kier alpha value is -1.80. The van der Waals surface area contributed by atoms with Crippen molar-refractivity contribution in [2.75, 3.05) is 12.5 Å². The quantitative estimate of drug-likeness (QED) is 0.150. The van der Waals surface area contributed by atoms with Gasteiger partial charge in [0.15, 0.2) is 4.24 Å². The number of hydrogen-bond acceptors (Lipinski definition) is 5. The molecule has 2 aromatic heterocycles. The average molecular weight is 564 g/mol. The number of benzene rings is 2. The van der Waals surface area contributed by atoms with Crippen LogP contribution in [0.3, 0.4) is 0 Å². The number of hydrogen-bond donors (Lipinski definition) is 0. The molecule has 0 N–H and O–H groups in total. The van der Waals surface area contributed by atoms with Gasteiger partial charge >= 0.3 is 0 Å². The van der Waals surface area contributed by atoms with Crippen LogP contribution in [0.5, 0.6) is 5.75 Å². The van der Waals surface area contributed by atoms with E-state index >= 15 is 0 Å². The van der Waals surface area contributed by atoms with Gasteiger partial charge in [-0.05, 0) is 69.3 Å². The molecule has 0 saturated heterocycles. The molecule has 182 valence electrons. The number of ether oxygens (including phenoxy) is 1. The lowest BCUT2D eigenvalue weighted by atomic mass is 10.1. The Kier molecular flexibility index (Phi) is 10.5. The van der Waals surface area contributed by atoms with Crippen LogP contribution in [-0.2, 0) is 17.8 Å². The molecular weight excluding hydrogens is 532 g/mol. The summed E-state index contributed by atoms with van der Waals surface area (Å²) < 4.78 is 30.8. The maximum absolute atomic E-state index is 12.0. The fourth-order valence-electron chi connectivity index (χ4n) is 3.47. The SMILES string of the molecule is CCCCCC.CS/C(=C\c1cc2ccoc2cc1OCc1cc(Br)c2occc2c1)[S+](C)[O-]. The third kappa shape index (κ3) is 7.11. The highest BCUT2D eigenvalue weighted by Gasteiger charge is 2.13. The molecule has 0 fully saturated rings. The minimum Gasteiger partial charge on any atom is -0.611 e. The van der Waals surface area contributed by atoms with Crippen molar-refractivity contribution in [2.24, 2.45) is 0 Å². The van der Waals surface area contributed by atoms with Crippen LogP contribution >= 0.6 is 27.7 Å². The van der Waals surface area contributed by atoms with Crippen molar-refractivity contribution in [3.63, 3.8) is 0 Å². The summed E-state index contributed by atoms with van der Waals surface area (Å²) in [4.78, 5) is 0. The van der Waals surface area contributed by atoms with Gasteiger partial charge in [0.25, 0.3) is 0 Å². The normalized spacial score (nSPS) is 12.6. The summed E-state index contributed by atoms with van der Waals surface area (Å²) in [5.74, 6) is 0.683. The highest BCUT2D eigenvalue weighted by Crippen LogP contribution is 2.33. The predicted octanol–water partition coefficient (Wildman–Crippen LogP) is 9.15. The zero-order chi connectivity index (χ0) is 24.5. The van der Waals surface area contributed by atoms with Crippen molar-refractivity contribution in [3.8, 4) is 5.75 Å². The van der Waals surface area contributed by atoms with E-state index in [9.17, 15) is 4.55 Å². The zero-order valence-corrected chi connectivity index (χ0v) is 23.3. The molecule has 34 heavy (non-hydrogen) atoms. The Labute approximate surface area is 217 Å². The minimum absolute atomic E-state index is 0.386. The lowest BCUT2D eigenvalue weighted by molar-refractivity contribution is 0.305. The zero-order valence-electron chi connectivity index (χ0n) is 20.1. The van der Waals surface area contributed by atoms with Crippen molar-refractivity contribution < 1.29 is 18.1 Å². The van der Waals surface area contributed by atoms with Gasteiger partial charge in [0.05, 0.1) is 17.0 Å². The Bertz CT molecular complexity index is 1220. The fraction of sp³-hybridized carbons (Fsp3) is 0.333. The van der Waals surface area contributed by atoms with Gasteiger partial charge in [0, 0.05) is 28.5 Å². The van der Waals surface area contributed by atoms with Gasteiger partial charge < -0.3 is 18.1 Å². The molecule has 1 unspecified atom stereocenters. The maximum atomic E-state index is 12.0. The van der Waals surface area contributed by atoms with E-state index in [0.717, 1.165) is 41.8 Å². The fourth-order valence-corrected chi connectivity index (χ4v) is 5.57. The number of halogens is 1. The molecule has 0 spiro atoms. The molecule has 4 aromatic rings. The lowest BCUT2D eigenvalue weighted by Crippen LogP contribution is -2.00. The maximum Gasteiger partial charge on any atom is 0.186 e. The molecule has 4 nitrogen and oxygen atoms in total. The van der Waals surface area contributed by atoms with E-state index in [1.165, 1.54) is 37.4 Å². The first kappa shape index (κ1) is 26.8. The first-order valence-corrected chi connectivity index (χ1v) is 14.9. The smallest absolute Gasteiger partial charge is 0.186 e. The van der Waals surface area contributed by atoms with E-state index in [1.807, 2.05) is 48.7 Å². The van der Waals surface area contributed by atoms with Crippen molar-refractivity contribution in [1.82, 2.24) is 0 Å². The van der Waals surface area contributed by atoms with E-state index in [0.29, 0.717) is 12.4 Å². The van der Waals surface area contributed by atoms with Gasteiger partial charge in [-0.25, -0.2) is 0 Å². The van der Waals surface area contributed by atoms with E-state index in [2.05, 4.69) is 29.8 Å². The average Bonchev–Trinajstić information content (AvgIpc) is 3.49. The van der Waals surface area contributed by atoms with Crippen LogP contribution < -0.4 is 4.74 Å². The van der Waals surface area contributed by atoms with Crippen LogP contribution in [-0.4, -0.2) is 17.1 Å². The largest absolute Gasteiger partial charge is 0.611 e. The molecule has 4 rings (SSSR count). The second-order valence-corrected chi connectivity index (χ2v) is 11.2. The van der Waals surface area contributed by atoms with Crippen LogP contribution in [0.25, 0.3) is 28.0 Å². The molecule has 0 aliphatic rings. The van der Waals surface area contributed by atoms with Gasteiger partial charge in [-0.15, -0.1) is 0 Å². The number of rotatable bonds is 9. The van der Waals surface area contributed by atoms with Gasteiger partial charge in [-0.1, -0.05) is 51.3 Å². The van der Waals surface area contributed by atoms with Crippen molar-refractivity contribution in [3.05, 3.63) is 68.8 Å². The Morgan fingerprint density at radius 3 is 2.44 bits per heavy atom. The van der Waals surface area contributed by atoms with Crippen molar-refractivity contribution in [1.29, 1.82) is 0 Å². The first-order valence-electron chi connectivity index (χ1n) is 11.4. The summed E-state index contributed by atoms with van der Waals surface area (Å²) in [6.07, 6.45) is 14.4. The summed E-state index contributed by atoms with van der Waals surface area (Å²) in [6, 6.07) is 11.7. The van der Waals surface area contributed by atoms with Crippen molar-refractivity contribution in [2.45, 2.75) is 46.1 Å². The summed E-state index contributed by atoms with van der Waals surface area (Å²) >= 11 is 3.95. The van der Waals surface area contributed by atoms with Gasteiger partial charge in [-0.2, -0.15) is 0 Å². The number of unbranched alkanes of at least 4 members (excludes halogenated alkanes) is 3. The van der Waals surface area contributed by atoms with E-state index < -0.39 is 11.2 Å². The number of furan rings is 2. The topological polar surface area (TPSA) is 58.6 Å². The highest BCUT2D eigenvalue weighted by atomic mass is 79.9. The molecule has 1 atom stereocenters. The number of thioether (sulfide) groups is 1. The van der Waals surface area contributed by atoms with E-state index in [4.69, 9.17) is 13.6 Å². The van der Waals surface area contributed by atoms with Gasteiger partial charge in [0.2, 0.25) is 0 Å². The monoisotopic (exact) mass is 562 g/mol. The number of fused-ring (bicyclic) bond motifs is 2. The van der Waals surface area contributed by atoms with E-state index in [-0.39, 0.29) is 0 Å². The molecule has 0 aliphatic heterocycles. The molecule has 2 heterocycles. The highest BCUT2D eigenvalue weighted by molar-refractivity contribution is 9.10. The first-order chi connectivity index (χ1) is 16.5. The van der Waals surface area contributed by atoms with Gasteiger partial charge in [-0.3, -0.25) is 0 Å². The van der Waals surface area contributed by atoms with Crippen molar-refractivity contribution >= 4 is 66.9 Å². The summed E-state index contributed by atoms with van der Waals surface area (Å²) in [6.45, 7) is 4.85. The van der Waals surface area contributed by atoms with Crippen LogP contribution in [0.15, 0.2) is 66.5 Å². The Balaban J connectivity index is 0.000000481. The molecular formula is C27H31BrO4S2. The summed E-state index contributed by atoms with van der Waals surface area (Å²) in [5.41, 5.74) is 3.46. The van der Waals surface area contributed by atoms with E-state index in [1.54, 1.807) is 18.8 Å². The molecule has 0 amide bonds. The van der Waals surface area contributed by atoms with Gasteiger partial charge in [0.1, 0.15) is 29.8 Å². The molecule has 0 saturated carbocycles. The minimum atomic E-state index is -1.06. The second-order valence-electron chi connectivity index (χ2n) is 7.88. The third-order valence-electron chi connectivity index (χ3n) is 5.26. The lowest BCUT2D eigenvalue weighted by Gasteiger charge is -2.12. The molecule has 0 aliphatic carbocycles.